The first kappa shape index (κ1) is 14.4. The van der Waals surface area contributed by atoms with Gasteiger partial charge in [0.25, 0.3) is 0 Å². The summed E-state index contributed by atoms with van der Waals surface area (Å²) >= 11 is 3.18. The zero-order valence-electron chi connectivity index (χ0n) is 10.3. The van der Waals surface area contributed by atoms with Gasteiger partial charge in [-0.3, -0.25) is 4.79 Å². The average molecular weight is 234 g/mol. The molecule has 0 aromatic rings. The van der Waals surface area contributed by atoms with E-state index in [1.807, 2.05) is 6.92 Å². The minimum absolute atomic E-state index is 0.0315. The Labute approximate surface area is 96.8 Å². The Morgan fingerprint density at radius 2 is 1.43 bits per heavy atom. The zero-order chi connectivity index (χ0) is 11.6. The summed E-state index contributed by atoms with van der Waals surface area (Å²) in [6, 6.07) is 0. The van der Waals surface area contributed by atoms with Gasteiger partial charge >= 0.3 is 0 Å². The molecule has 0 aliphatic heterocycles. The summed E-state index contributed by atoms with van der Waals surface area (Å²) in [7, 11) is 0. The molecule has 84 valence electrons. The lowest BCUT2D eigenvalue weighted by molar-refractivity contribution is -0.110. The highest BCUT2D eigenvalue weighted by atomic mass is 32.2. The van der Waals surface area contributed by atoms with Crippen molar-refractivity contribution in [2.45, 2.75) is 63.2 Å². The van der Waals surface area contributed by atoms with Gasteiger partial charge < -0.3 is 0 Å². The number of hydrogen-bond donors (Lipinski definition) is 0. The predicted octanol–water partition coefficient (Wildman–Crippen LogP) is 3.96. The topological polar surface area (TPSA) is 17.1 Å². The van der Waals surface area contributed by atoms with Crippen LogP contribution in [-0.4, -0.2) is 19.9 Å². The largest absolute Gasteiger partial charge is 0.286 e. The van der Waals surface area contributed by atoms with Crippen LogP contribution in [0.3, 0.4) is 0 Å². The maximum absolute atomic E-state index is 11.8. The van der Waals surface area contributed by atoms with E-state index in [-0.39, 0.29) is 19.9 Å². The molecule has 0 heterocycles. The normalized spacial score (nSPS) is 15.4. The van der Waals surface area contributed by atoms with E-state index in [0.29, 0.717) is 0 Å². The fourth-order valence-corrected chi connectivity index (χ4v) is 3.18. The molecule has 1 atom stereocenters. The summed E-state index contributed by atoms with van der Waals surface area (Å²) in [6.45, 7) is 14.6. The second-order valence-electron chi connectivity index (χ2n) is 5.41. The van der Waals surface area contributed by atoms with E-state index in [9.17, 15) is 4.79 Å². The summed E-state index contributed by atoms with van der Waals surface area (Å²) in [6.07, 6.45) is 0. The van der Waals surface area contributed by atoms with E-state index in [0.717, 1.165) is 0 Å². The molecule has 0 aliphatic carbocycles. The fraction of sp³-hybridized carbons (Fsp3) is 0.909. The Morgan fingerprint density at radius 3 is 1.71 bits per heavy atom. The maximum Gasteiger partial charge on any atom is 0.202 e. The third-order valence-corrected chi connectivity index (χ3v) is 3.86. The second-order valence-corrected chi connectivity index (χ2v) is 9.40. The molecule has 0 bridgehead atoms. The van der Waals surface area contributed by atoms with Crippen molar-refractivity contribution < 1.29 is 4.79 Å². The van der Waals surface area contributed by atoms with E-state index >= 15 is 0 Å². The van der Waals surface area contributed by atoms with Crippen LogP contribution < -0.4 is 0 Å². The van der Waals surface area contributed by atoms with Crippen LogP contribution in [0.2, 0.25) is 0 Å². The van der Waals surface area contributed by atoms with Gasteiger partial charge in [0, 0.05) is 9.49 Å². The average Bonchev–Trinajstić information content (AvgIpc) is 1.78. The number of thioether (sulfide) groups is 2. The summed E-state index contributed by atoms with van der Waals surface area (Å²) in [4.78, 5) is 11.8. The molecule has 0 spiro atoms. The highest BCUT2D eigenvalue weighted by molar-refractivity contribution is 8.17. The molecule has 0 aromatic carbocycles. The quantitative estimate of drug-likeness (QED) is 0.720. The SMILES string of the molecule is CC(SC(C)(C)C)C(=O)SC(C)(C)C. The summed E-state index contributed by atoms with van der Waals surface area (Å²) < 4.78 is 0.192. The maximum atomic E-state index is 11.8. The molecule has 0 fully saturated rings. The van der Waals surface area contributed by atoms with Crippen molar-refractivity contribution in [3.8, 4) is 0 Å². The Morgan fingerprint density at radius 1 is 1.00 bits per heavy atom. The lowest BCUT2D eigenvalue weighted by Gasteiger charge is -2.24. The monoisotopic (exact) mass is 234 g/mol. The molecule has 0 aromatic heterocycles. The van der Waals surface area contributed by atoms with Gasteiger partial charge in [0.05, 0.1) is 5.25 Å². The van der Waals surface area contributed by atoms with Gasteiger partial charge in [-0.1, -0.05) is 53.3 Å². The molecule has 0 rings (SSSR count). The lowest BCUT2D eigenvalue weighted by Crippen LogP contribution is -2.22. The van der Waals surface area contributed by atoms with Crippen LogP contribution >= 0.6 is 23.5 Å². The Hall–Kier alpha value is 0.370. The molecule has 0 aliphatic rings. The van der Waals surface area contributed by atoms with Crippen molar-refractivity contribution in [3.63, 3.8) is 0 Å². The Kier molecular flexibility index (Phi) is 5.06. The highest BCUT2D eigenvalue weighted by Crippen LogP contribution is 2.34. The van der Waals surface area contributed by atoms with Crippen molar-refractivity contribution in [1.82, 2.24) is 0 Å². The highest BCUT2D eigenvalue weighted by Gasteiger charge is 2.25. The van der Waals surface area contributed by atoms with Crippen LogP contribution in [0.4, 0.5) is 0 Å². The number of hydrogen-bond acceptors (Lipinski definition) is 3. The van der Waals surface area contributed by atoms with E-state index < -0.39 is 0 Å². The van der Waals surface area contributed by atoms with E-state index in [4.69, 9.17) is 0 Å². The Balaban J connectivity index is 4.15. The first-order valence-corrected chi connectivity index (χ1v) is 6.61. The lowest BCUT2D eigenvalue weighted by atomic mass is 10.3. The molecule has 3 heteroatoms. The predicted molar refractivity (Wildman–Crippen MR) is 69.2 cm³/mol. The molecule has 1 unspecified atom stereocenters. The van der Waals surface area contributed by atoms with E-state index in [1.165, 1.54) is 11.8 Å². The standard InChI is InChI=1S/C11H22OS2/c1-8(13-10(2,3)4)9(12)14-11(5,6)7/h8H,1-7H3. The van der Waals surface area contributed by atoms with Gasteiger partial charge in [-0.05, 0) is 6.92 Å². The molecule has 0 saturated carbocycles. The zero-order valence-corrected chi connectivity index (χ0v) is 11.9. The first-order valence-electron chi connectivity index (χ1n) is 4.92. The summed E-state index contributed by atoms with van der Waals surface area (Å²) in [5.41, 5.74) is 0. The van der Waals surface area contributed by atoms with Crippen molar-refractivity contribution >= 4 is 28.6 Å². The van der Waals surface area contributed by atoms with Crippen molar-refractivity contribution in [2.24, 2.45) is 0 Å². The van der Waals surface area contributed by atoms with Crippen LogP contribution in [0.1, 0.15) is 48.5 Å². The molecular formula is C11H22OS2. The van der Waals surface area contributed by atoms with Crippen molar-refractivity contribution in [1.29, 1.82) is 0 Å². The molecule has 0 N–H and O–H groups in total. The summed E-state index contributed by atoms with van der Waals surface area (Å²) in [5, 5.41) is 0.372. The molecule has 0 saturated heterocycles. The molecule has 1 nitrogen and oxygen atoms in total. The molecule has 0 radical (unpaired) electrons. The van der Waals surface area contributed by atoms with Crippen LogP contribution in [-0.2, 0) is 4.79 Å². The fourth-order valence-electron chi connectivity index (χ4n) is 0.963. The van der Waals surface area contributed by atoms with Crippen LogP contribution in [0.5, 0.6) is 0 Å². The third-order valence-electron chi connectivity index (χ3n) is 1.27. The van der Waals surface area contributed by atoms with E-state index in [1.54, 1.807) is 11.8 Å². The van der Waals surface area contributed by atoms with Crippen LogP contribution in [0.25, 0.3) is 0 Å². The molecular weight excluding hydrogens is 212 g/mol. The molecule has 14 heavy (non-hydrogen) atoms. The van der Waals surface area contributed by atoms with Gasteiger partial charge in [0.15, 0.2) is 0 Å². The van der Waals surface area contributed by atoms with Crippen molar-refractivity contribution in [3.05, 3.63) is 0 Å². The van der Waals surface area contributed by atoms with Gasteiger partial charge in [0.2, 0.25) is 5.12 Å². The van der Waals surface area contributed by atoms with Gasteiger partial charge in [-0.2, -0.15) is 0 Å². The first-order chi connectivity index (χ1) is 6.01. The minimum atomic E-state index is 0.0315. The number of carbonyl (C=O) groups excluding carboxylic acids is 1. The van der Waals surface area contributed by atoms with Crippen molar-refractivity contribution in [2.75, 3.05) is 0 Å². The Bertz CT molecular complexity index is 198. The van der Waals surface area contributed by atoms with E-state index in [2.05, 4.69) is 41.5 Å². The minimum Gasteiger partial charge on any atom is -0.286 e. The van der Waals surface area contributed by atoms with Crippen LogP contribution in [0.15, 0.2) is 0 Å². The summed E-state index contributed by atoms with van der Waals surface area (Å²) in [5.74, 6) is 0. The second kappa shape index (κ2) is 4.93. The van der Waals surface area contributed by atoms with Gasteiger partial charge in [-0.25, -0.2) is 0 Å². The van der Waals surface area contributed by atoms with Gasteiger partial charge in [-0.15, -0.1) is 11.8 Å². The van der Waals surface area contributed by atoms with Crippen LogP contribution in [0, 0.1) is 0 Å². The number of carbonyl (C=O) groups is 1. The third kappa shape index (κ3) is 7.74. The smallest absolute Gasteiger partial charge is 0.202 e. The number of rotatable bonds is 2. The molecule has 0 amide bonds. The van der Waals surface area contributed by atoms with Gasteiger partial charge in [0.1, 0.15) is 0 Å².